The molecule has 1 N–H and O–H groups in total. The Labute approximate surface area is 225 Å². The number of carbonyl (C=O) groups excluding carboxylic acids is 2. The van der Waals surface area contributed by atoms with Crippen molar-refractivity contribution in [3.8, 4) is 5.75 Å². The van der Waals surface area contributed by atoms with Crippen LogP contribution in [0.2, 0.25) is 5.02 Å². The quantitative estimate of drug-likeness (QED) is 0.257. The summed E-state index contributed by atoms with van der Waals surface area (Å²) in [6.45, 7) is 1.68. The highest BCUT2D eigenvalue weighted by atomic mass is 35.5. The number of aryl methyl sites for hydroxylation is 1. The maximum absolute atomic E-state index is 13.1. The van der Waals surface area contributed by atoms with Crippen LogP contribution in [0.15, 0.2) is 71.6 Å². The summed E-state index contributed by atoms with van der Waals surface area (Å²) < 4.78 is 44.9. The van der Waals surface area contributed by atoms with Gasteiger partial charge in [-0.05, 0) is 61.0 Å². The smallest absolute Gasteiger partial charge is 0.416 e. The second-order valence-electron chi connectivity index (χ2n) is 7.96. The maximum atomic E-state index is 13.1. The Bertz CT molecular complexity index is 1410. The number of alkyl halides is 3. The van der Waals surface area contributed by atoms with Gasteiger partial charge >= 0.3 is 6.18 Å². The lowest BCUT2D eigenvalue weighted by atomic mass is 10.1. The molecule has 11 heteroatoms. The highest BCUT2D eigenvalue weighted by molar-refractivity contribution is 8.27. The Kier molecular flexibility index (Phi) is 7.91. The molecule has 0 saturated carbocycles. The average molecular weight is 563 g/mol. The van der Waals surface area contributed by atoms with E-state index < -0.39 is 17.6 Å². The first-order chi connectivity index (χ1) is 17.5. The number of anilines is 2. The number of rotatable bonds is 6. The molecule has 4 rings (SSSR count). The van der Waals surface area contributed by atoms with E-state index in [0.717, 1.165) is 34.4 Å². The third kappa shape index (κ3) is 6.51. The molecule has 0 unspecified atom stereocenters. The van der Waals surface area contributed by atoms with Crippen molar-refractivity contribution in [2.24, 2.45) is 0 Å². The van der Waals surface area contributed by atoms with Gasteiger partial charge in [0.2, 0.25) is 0 Å². The highest BCUT2D eigenvalue weighted by Gasteiger charge is 2.36. The minimum atomic E-state index is -4.55. The van der Waals surface area contributed by atoms with E-state index in [1.165, 1.54) is 18.2 Å². The summed E-state index contributed by atoms with van der Waals surface area (Å²) in [6.07, 6.45) is -3.01. The van der Waals surface area contributed by atoms with Crippen LogP contribution in [0, 0.1) is 6.92 Å². The van der Waals surface area contributed by atoms with Gasteiger partial charge in [0, 0.05) is 5.69 Å². The zero-order chi connectivity index (χ0) is 26.7. The largest absolute Gasteiger partial charge is 0.482 e. The summed E-state index contributed by atoms with van der Waals surface area (Å²) in [5.41, 5.74) is 1.41. The molecule has 0 bridgehead atoms. The van der Waals surface area contributed by atoms with E-state index in [9.17, 15) is 22.8 Å². The summed E-state index contributed by atoms with van der Waals surface area (Å²) in [5.74, 6) is -0.629. The Morgan fingerprint density at radius 1 is 1.14 bits per heavy atom. The average Bonchev–Trinajstić information content (AvgIpc) is 3.12. The van der Waals surface area contributed by atoms with E-state index in [2.05, 4.69) is 5.32 Å². The first-order valence-electron chi connectivity index (χ1n) is 10.8. The number of hydrogen-bond donors (Lipinski definition) is 1. The van der Waals surface area contributed by atoms with E-state index in [0.29, 0.717) is 11.3 Å². The summed E-state index contributed by atoms with van der Waals surface area (Å²) in [7, 11) is 0. The summed E-state index contributed by atoms with van der Waals surface area (Å²) in [6, 6.07) is 16.5. The van der Waals surface area contributed by atoms with E-state index in [4.69, 9.17) is 28.6 Å². The van der Waals surface area contributed by atoms with Crippen molar-refractivity contribution in [2.75, 3.05) is 16.8 Å². The fraction of sp³-hybridized carbons (Fsp3) is 0.115. The lowest BCUT2D eigenvalue weighted by Crippen LogP contribution is -2.27. The highest BCUT2D eigenvalue weighted by Crippen LogP contribution is 2.39. The summed E-state index contributed by atoms with van der Waals surface area (Å²) in [5, 5.41) is 2.93. The number of halogens is 4. The van der Waals surface area contributed by atoms with Crippen molar-refractivity contribution < 1.29 is 27.5 Å². The van der Waals surface area contributed by atoms with Crippen molar-refractivity contribution in [3.05, 3.63) is 93.3 Å². The predicted octanol–water partition coefficient (Wildman–Crippen LogP) is 7.09. The molecule has 1 aliphatic heterocycles. The summed E-state index contributed by atoms with van der Waals surface area (Å²) in [4.78, 5) is 26.4. The van der Waals surface area contributed by atoms with Gasteiger partial charge < -0.3 is 10.1 Å². The van der Waals surface area contributed by atoms with Crippen LogP contribution >= 0.6 is 35.6 Å². The molecular formula is C26H18ClF3N2O3S2. The molecule has 1 aliphatic rings. The molecular weight excluding hydrogens is 545 g/mol. The van der Waals surface area contributed by atoms with Crippen LogP contribution < -0.4 is 15.0 Å². The Balaban J connectivity index is 1.43. The molecule has 3 aromatic rings. The number of benzene rings is 3. The summed E-state index contributed by atoms with van der Waals surface area (Å²) >= 11 is 12.5. The first kappa shape index (κ1) is 26.7. The molecule has 1 saturated heterocycles. The van der Waals surface area contributed by atoms with Crippen LogP contribution in [-0.4, -0.2) is 22.7 Å². The van der Waals surface area contributed by atoms with Crippen LogP contribution in [0.1, 0.15) is 16.7 Å². The first-order valence-corrected chi connectivity index (χ1v) is 12.4. The van der Waals surface area contributed by atoms with Gasteiger partial charge in [-0.1, -0.05) is 65.4 Å². The second kappa shape index (κ2) is 11.0. The van der Waals surface area contributed by atoms with Gasteiger partial charge in [0.15, 0.2) is 10.9 Å². The van der Waals surface area contributed by atoms with E-state index in [-0.39, 0.29) is 38.2 Å². The zero-order valence-electron chi connectivity index (χ0n) is 19.1. The normalized spacial score (nSPS) is 14.8. The number of thioether (sulfide) groups is 1. The zero-order valence-corrected chi connectivity index (χ0v) is 21.5. The number of nitrogens with zero attached hydrogens (tertiary/aromatic N) is 1. The van der Waals surface area contributed by atoms with Gasteiger partial charge in [0.05, 0.1) is 21.2 Å². The monoisotopic (exact) mass is 562 g/mol. The molecule has 0 atom stereocenters. The predicted molar refractivity (Wildman–Crippen MR) is 144 cm³/mol. The molecule has 0 aliphatic carbocycles. The Morgan fingerprint density at radius 2 is 1.86 bits per heavy atom. The molecule has 3 aromatic carbocycles. The van der Waals surface area contributed by atoms with E-state index >= 15 is 0 Å². The Morgan fingerprint density at radius 3 is 2.54 bits per heavy atom. The molecule has 1 heterocycles. The fourth-order valence-electron chi connectivity index (χ4n) is 3.36. The van der Waals surface area contributed by atoms with Crippen molar-refractivity contribution >= 4 is 69.2 Å². The molecule has 2 amide bonds. The Hall–Kier alpha value is -3.34. The molecule has 5 nitrogen and oxygen atoms in total. The molecule has 37 heavy (non-hydrogen) atoms. The van der Waals surface area contributed by atoms with Crippen LogP contribution in [0.4, 0.5) is 24.5 Å². The van der Waals surface area contributed by atoms with Gasteiger partial charge in [-0.3, -0.25) is 14.5 Å². The number of carbonyl (C=O) groups is 2. The minimum absolute atomic E-state index is 0.0337. The number of hydrogen-bond acceptors (Lipinski definition) is 5. The fourth-order valence-corrected chi connectivity index (χ4v) is 4.91. The number of nitrogens with one attached hydrogen (secondary N) is 1. The van der Waals surface area contributed by atoms with Crippen LogP contribution in [0.5, 0.6) is 5.75 Å². The van der Waals surface area contributed by atoms with E-state index in [1.54, 1.807) is 30.3 Å². The van der Waals surface area contributed by atoms with Gasteiger partial charge in [-0.25, -0.2) is 0 Å². The van der Waals surface area contributed by atoms with Crippen molar-refractivity contribution in [1.82, 2.24) is 0 Å². The number of amides is 2. The SMILES string of the molecule is Cc1ccc(NC(=O)COc2ccc(/C=C3\SC(=S)N(c4cccc(C(F)(F)F)c4)C3=O)cc2Cl)cc1. The van der Waals surface area contributed by atoms with Crippen molar-refractivity contribution in [2.45, 2.75) is 13.1 Å². The van der Waals surface area contributed by atoms with Crippen LogP contribution in [-0.2, 0) is 15.8 Å². The second-order valence-corrected chi connectivity index (χ2v) is 10.0. The van der Waals surface area contributed by atoms with Gasteiger partial charge in [-0.2, -0.15) is 13.2 Å². The van der Waals surface area contributed by atoms with Crippen molar-refractivity contribution in [1.29, 1.82) is 0 Å². The third-order valence-corrected chi connectivity index (χ3v) is 6.77. The van der Waals surface area contributed by atoms with Gasteiger partial charge in [-0.15, -0.1) is 0 Å². The molecule has 190 valence electrons. The van der Waals surface area contributed by atoms with Crippen LogP contribution in [0.25, 0.3) is 6.08 Å². The van der Waals surface area contributed by atoms with Crippen LogP contribution in [0.3, 0.4) is 0 Å². The topological polar surface area (TPSA) is 58.6 Å². The van der Waals surface area contributed by atoms with Gasteiger partial charge in [0.25, 0.3) is 11.8 Å². The van der Waals surface area contributed by atoms with E-state index in [1.807, 2.05) is 19.1 Å². The standard InChI is InChI=1S/C26H18ClF3N2O3S2/c1-15-5-8-18(9-6-15)31-23(33)14-35-21-10-7-16(11-20(21)27)12-22-24(34)32(25(36)37-22)19-4-2-3-17(13-19)26(28,29)30/h2-13H,14H2,1H3,(H,31,33)/b22-12-. The third-order valence-electron chi connectivity index (χ3n) is 5.17. The number of ether oxygens (including phenoxy) is 1. The minimum Gasteiger partial charge on any atom is -0.482 e. The molecule has 0 radical (unpaired) electrons. The molecule has 0 spiro atoms. The lowest BCUT2D eigenvalue weighted by Gasteiger charge is -2.16. The molecule has 0 aromatic heterocycles. The lowest BCUT2D eigenvalue weighted by molar-refractivity contribution is -0.137. The van der Waals surface area contributed by atoms with Crippen molar-refractivity contribution in [3.63, 3.8) is 0 Å². The molecule has 1 fully saturated rings. The maximum Gasteiger partial charge on any atom is 0.416 e. The van der Waals surface area contributed by atoms with Gasteiger partial charge in [0.1, 0.15) is 5.75 Å². The number of thiocarbonyl (C=S) groups is 1.